The minimum Gasteiger partial charge on any atom is -0.326 e. The lowest BCUT2D eigenvalue weighted by atomic mass is 10.2. The average Bonchev–Trinajstić information content (AvgIpc) is 3.46. The molecule has 4 aromatic rings. The molecule has 0 aliphatic carbocycles. The van der Waals surface area contributed by atoms with E-state index in [0.29, 0.717) is 23.1 Å². The number of benzene rings is 2. The molecule has 7 nitrogen and oxygen atoms in total. The quantitative estimate of drug-likeness (QED) is 0.343. The molecule has 1 atom stereocenters. The van der Waals surface area contributed by atoms with Gasteiger partial charge in [-0.25, -0.2) is 0 Å². The van der Waals surface area contributed by atoms with Gasteiger partial charge in [0.1, 0.15) is 0 Å². The van der Waals surface area contributed by atoms with Crippen molar-refractivity contribution in [3.63, 3.8) is 0 Å². The molecule has 2 heterocycles. The number of carbonyl (C=O) groups is 2. The average molecular weight is 478 g/mol. The van der Waals surface area contributed by atoms with Crippen molar-refractivity contribution in [2.24, 2.45) is 0 Å². The molecule has 4 rings (SSSR count). The third-order valence-electron chi connectivity index (χ3n) is 4.77. The van der Waals surface area contributed by atoms with Crippen LogP contribution < -0.4 is 10.6 Å². The number of nitrogens with zero attached hydrogens (tertiary/aromatic N) is 3. The first-order valence-corrected chi connectivity index (χ1v) is 12.1. The number of anilines is 2. The highest BCUT2D eigenvalue weighted by molar-refractivity contribution is 8.00. The van der Waals surface area contributed by atoms with Crippen LogP contribution in [-0.4, -0.2) is 31.8 Å². The van der Waals surface area contributed by atoms with E-state index in [9.17, 15) is 9.59 Å². The molecule has 2 amide bonds. The maximum absolute atomic E-state index is 12.8. The first kappa shape index (κ1) is 22.8. The molecule has 33 heavy (non-hydrogen) atoms. The number of aromatic nitrogens is 3. The molecular formula is C24H23N5O2S2. The zero-order valence-electron chi connectivity index (χ0n) is 18.2. The molecule has 0 radical (unpaired) electrons. The Morgan fingerprint density at radius 3 is 2.30 bits per heavy atom. The molecule has 168 valence electrons. The predicted octanol–water partition coefficient (Wildman–Crippen LogP) is 5.13. The predicted molar refractivity (Wildman–Crippen MR) is 134 cm³/mol. The Morgan fingerprint density at radius 1 is 0.970 bits per heavy atom. The lowest BCUT2D eigenvalue weighted by Crippen LogP contribution is -2.23. The van der Waals surface area contributed by atoms with Crippen LogP contribution in [0.3, 0.4) is 0 Å². The van der Waals surface area contributed by atoms with E-state index in [1.807, 2.05) is 42.6 Å². The van der Waals surface area contributed by atoms with Crippen molar-refractivity contribution in [1.82, 2.24) is 14.8 Å². The van der Waals surface area contributed by atoms with Crippen LogP contribution in [0.4, 0.5) is 11.4 Å². The zero-order valence-corrected chi connectivity index (χ0v) is 19.8. The summed E-state index contributed by atoms with van der Waals surface area (Å²) in [6.45, 7) is 3.91. The Hall–Kier alpha value is -3.43. The van der Waals surface area contributed by atoms with Gasteiger partial charge in [-0.05, 0) is 48.2 Å². The van der Waals surface area contributed by atoms with Crippen molar-refractivity contribution in [2.45, 2.75) is 30.8 Å². The van der Waals surface area contributed by atoms with Gasteiger partial charge in [0, 0.05) is 18.3 Å². The third kappa shape index (κ3) is 5.88. The molecule has 2 N–H and O–H groups in total. The Labute approximate surface area is 200 Å². The second-order valence-electron chi connectivity index (χ2n) is 7.36. The summed E-state index contributed by atoms with van der Waals surface area (Å²) < 4.78 is 2.05. The van der Waals surface area contributed by atoms with E-state index in [1.165, 1.54) is 18.7 Å². The van der Waals surface area contributed by atoms with Crippen LogP contribution in [0.5, 0.6) is 0 Å². The van der Waals surface area contributed by atoms with Gasteiger partial charge in [-0.15, -0.1) is 21.5 Å². The number of hydrogen-bond acceptors (Lipinski definition) is 6. The Kier molecular flexibility index (Phi) is 7.21. The highest BCUT2D eigenvalue weighted by atomic mass is 32.2. The lowest BCUT2D eigenvalue weighted by Gasteiger charge is -2.14. The van der Waals surface area contributed by atoms with Gasteiger partial charge >= 0.3 is 0 Å². The molecule has 0 fully saturated rings. The molecule has 0 saturated carbocycles. The highest BCUT2D eigenvalue weighted by Gasteiger charge is 2.21. The molecule has 9 heteroatoms. The summed E-state index contributed by atoms with van der Waals surface area (Å²) in [4.78, 5) is 25.0. The number of rotatable bonds is 8. The summed E-state index contributed by atoms with van der Waals surface area (Å²) in [5.41, 5.74) is 2.47. The molecule has 2 aromatic carbocycles. The van der Waals surface area contributed by atoms with Gasteiger partial charge < -0.3 is 10.6 Å². The van der Waals surface area contributed by atoms with Gasteiger partial charge in [0.05, 0.1) is 16.7 Å². The van der Waals surface area contributed by atoms with E-state index in [1.54, 1.807) is 35.6 Å². The van der Waals surface area contributed by atoms with Crippen LogP contribution in [-0.2, 0) is 16.1 Å². The zero-order chi connectivity index (χ0) is 23.2. The third-order valence-corrected chi connectivity index (χ3v) is 6.71. The van der Waals surface area contributed by atoms with Gasteiger partial charge in [0.25, 0.3) is 0 Å². The minimum absolute atomic E-state index is 0.140. The smallest absolute Gasteiger partial charge is 0.237 e. The normalized spacial score (nSPS) is 11.7. The molecule has 0 bridgehead atoms. The van der Waals surface area contributed by atoms with E-state index in [-0.39, 0.29) is 11.8 Å². The first-order valence-electron chi connectivity index (χ1n) is 10.4. The van der Waals surface area contributed by atoms with Crippen molar-refractivity contribution in [1.29, 1.82) is 0 Å². The van der Waals surface area contributed by atoms with E-state index in [0.717, 1.165) is 16.3 Å². The second kappa shape index (κ2) is 10.5. The molecular weight excluding hydrogens is 454 g/mol. The first-order chi connectivity index (χ1) is 16.0. The van der Waals surface area contributed by atoms with Crippen molar-refractivity contribution < 1.29 is 9.59 Å². The van der Waals surface area contributed by atoms with Gasteiger partial charge in [0.15, 0.2) is 11.0 Å². The van der Waals surface area contributed by atoms with Crippen molar-refractivity contribution in [3.05, 3.63) is 77.7 Å². The monoisotopic (exact) mass is 477 g/mol. The van der Waals surface area contributed by atoms with E-state index in [2.05, 4.69) is 37.5 Å². The standard InChI is InChI=1S/C24H23N5O2S2/c1-16(23(31)26-20-12-10-19(11-13-20)25-17(2)30)33-24-28-27-22(21-9-6-14-32-21)29(24)15-18-7-4-3-5-8-18/h3-14,16H,15H2,1-2H3,(H,25,30)(H,26,31)/t16-/m0/s1. The summed E-state index contributed by atoms with van der Waals surface area (Å²) in [6.07, 6.45) is 0. The summed E-state index contributed by atoms with van der Waals surface area (Å²) in [7, 11) is 0. The summed E-state index contributed by atoms with van der Waals surface area (Å²) in [5.74, 6) is 0.509. The van der Waals surface area contributed by atoms with Gasteiger partial charge in [-0.2, -0.15) is 0 Å². The van der Waals surface area contributed by atoms with Crippen molar-refractivity contribution in [3.8, 4) is 10.7 Å². The van der Waals surface area contributed by atoms with Gasteiger partial charge in [-0.3, -0.25) is 14.2 Å². The fraction of sp³-hybridized carbons (Fsp3) is 0.167. The van der Waals surface area contributed by atoms with Crippen LogP contribution in [0.15, 0.2) is 77.3 Å². The highest BCUT2D eigenvalue weighted by Crippen LogP contribution is 2.30. The molecule has 0 spiro atoms. The van der Waals surface area contributed by atoms with Crippen molar-refractivity contribution in [2.75, 3.05) is 10.6 Å². The number of nitrogens with one attached hydrogen (secondary N) is 2. The van der Waals surface area contributed by atoms with Crippen LogP contribution in [0.1, 0.15) is 19.4 Å². The fourth-order valence-corrected chi connectivity index (χ4v) is 4.73. The van der Waals surface area contributed by atoms with Gasteiger partial charge in [0.2, 0.25) is 11.8 Å². The number of thiophene rings is 1. The van der Waals surface area contributed by atoms with Crippen LogP contribution in [0, 0.1) is 0 Å². The Bertz CT molecular complexity index is 1220. The Morgan fingerprint density at radius 2 is 1.67 bits per heavy atom. The maximum atomic E-state index is 12.8. The van der Waals surface area contributed by atoms with Crippen molar-refractivity contribution >= 4 is 46.3 Å². The molecule has 0 aliphatic heterocycles. The topological polar surface area (TPSA) is 88.9 Å². The van der Waals surface area contributed by atoms with E-state index in [4.69, 9.17) is 0 Å². The van der Waals surface area contributed by atoms with Crippen LogP contribution in [0.25, 0.3) is 10.7 Å². The summed E-state index contributed by atoms with van der Waals surface area (Å²) >= 11 is 2.98. The SMILES string of the molecule is CC(=O)Nc1ccc(NC(=O)[C@H](C)Sc2nnc(-c3cccs3)n2Cc2ccccc2)cc1. The number of thioether (sulfide) groups is 1. The summed E-state index contributed by atoms with van der Waals surface area (Å²) in [6, 6.07) is 21.1. The molecule has 0 unspecified atom stereocenters. The van der Waals surface area contributed by atoms with Gasteiger partial charge in [-0.1, -0.05) is 48.2 Å². The van der Waals surface area contributed by atoms with E-state index < -0.39 is 5.25 Å². The molecule has 2 aromatic heterocycles. The Balaban J connectivity index is 1.49. The maximum Gasteiger partial charge on any atom is 0.237 e. The van der Waals surface area contributed by atoms with E-state index >= 15 is 0 Å². The molecule has 0 saturated heterocycles. The largest absolute Gasteiger partial charge is 0.326 e. The summed E-state index contributed by atoms with van der Waals surface area (Å²) in [5, 5.41) is 16.7. The number of amides is 2. The van der Waals surface area contributed by atoms with Crippen LogP contribution in [0.2, 0.25) is 0 Å². The fourth-order valence-electron chi connectivity index (χ4n) is 3.17. The number of hydrogen-bond donors (Lipinski definition) is 2. The minimum atomic E-state index is -0.394. The lowest BCUT2D eigenvalue weighted by molar-refractivity contribution is -0.115. The molecule has 0 aliphatic rings. The second-order valence-corrected chi connectivity index (χ2v) is 9.62. The van der Waals surface area contributed by atoms with Crippen LogP contribution >= 0.6 is 23.1 Å². The number of carbonyl (C=O) groups excluding carboxylic acids is 2.